The molecule has 1 aliphatic rings. The third kappa shape index (κ3) is 3.09. The van der Waals surface area contributed by atoms with Crippen molar-refractivity contribution in [2.24, 2.45) is 0 Å². The lowest BCUT2D eigenvalue weighted by atomic mass is 10.1. The lowest BCUT2D eigenvalue weighted by Gasteiger charge is -2.28. The Balaban J connectivity index is 1.89. The van der Waals surface area contributed by atoms with Crippen molar-refractivity contribution < 1.29 is 8.78 Å². The topological polar surface area (TPSA) is 74.8 Å². The van der Waals surface area contributed by atoms with E-state index in [1.165, 1.54) is 0 Å². The van der Waals surface area contributed by atoms with E-state index in [1.807, 2.05) is 4.90 Å². The minimum absolute atomic E-state index is 0.288. The molecule has 1 aliphatic heterocycles. The average Bonchev–Trinajstić information content (AvgIpc) is 3.19. The van der Waals surface area contributed by atoms with Crippen molar-refractivity contribution in [3.05, 3.63) is 64.3 Å². The van der Waals surface area contributed by atoms with Gasteiger partial charge in [-0.05, 0) is 37.1 Å². The first-order valence-electron chi connectivity index (χ1n) is 8.99. The molecule has 2 aromatic heterocycles. The summed E-state index contributed by atoms with van der Waals surface area (Å²) in [7, 11) is 0. The Hall–Kier alpha value is -3.34. The molecule has 1 aromatic carbocycles. The fourth-order valence-electron chi connectivity index (χ4n) is 3.76. The fourth-order valence-corrected chi connectivity index (χ4v) is 3.76. The minimum atomic E-state index is -2.68. The lowest BCUT2D eigenvalue weighted by Crippen LogP contribution is -2.34. The number of rotatable bonds is 4. The van der Waals surface area contributed by atoms with Gasteiger partial charge in [-0.15, -0.1) is 0 Å². The number of para-hydroxylation sites is 1. The van der Waals surface area contributed by atoms with Crippen LogP contribution in [0.1, 0.15) is 30.3 Å². The summed E-state index contributed by atoms with van der Waals surface area (Å²) in [5.41, 5.74) is 0.397. The third-order valence-electron chi connectivity index (χ3n) is 4.94. The Labute approximate surface area is 159 Å². The zero-order chi connectivity index (χ0) is 19.7. The van der Waals surface area contributed by atoms with Crippen LogP contribution in [0.25, 0.3) is 10.9 Å². The Bertz CT molecular complexity index is 1120. The van der Waals surface area contributed by atoms with Crippen LogP contribution in [0.5, 0.6) is 0 Å². The molecule has 1 fully saturated rings. The second kappa shape index (κ2) is 7.35. The van der Waals surface area contributed by atoms with Crippen LogP contribution in [0.4, 0.5) is 14.6 Å². The van der Waals surface area contributed by atoms with E-state index in [-0.39, 0.29) is 5.82 Å². The molecule has 1 unspecified atom stereocenters. The second-order valence-electron chi connectivity index (χ2n) is 6.63. The minimum Gasteiger partial charge on any atom is -0.345 e. The van der Waals surface area contributed by atoms with Crippen molar-refractivity contribution in [1.82, 2.24) is 14.5 Å². The van der Waals surface area contributed by atoms with Crippen molar-refractivity contribution in [1.29, 1.82) is 5.26 Å². The zero-order valence-electron chi connectivity index (χ0n) is 14.9. The summed E-state index contributed by atoms with van der Waals surface area (Å²) in [4.78, 5) is 23.7. The molecule has 0 radical (unpaired) electrons. The van der Waals surface area contributed by atoms with Crippen molar-refractivity contribution in [3.63, 3.8) is 0 Å². The molecule has 1 atom stereocenters. The van der Waals surface area contributed by atoms with Gasteiger partial charge >= 0.3 is 0 Å². The number of nitrogens with zero attached hydrogens (tertiary/aromatic N) is 5. The normalized spacial score (nSPS) is 16.6. The van der Waals surface area contributed by atoms with Crippen molar-refractivity contribution in [2.45, 2.75) is 31.9 Å². The van der Waals surface area contributed by atoms with E-state index in [2.05, 4.69) is 16.0 Å². The number of fused-ring (bicyclic) bond motifs is 1. The molecule has 4 rings (SSSR count). The molecular formula is C20H17F2N5O. The average molecular weight is 381 g/mol. The number of benzene rings is 1. The molecule has 8 heteroatoms. The van der Waals surface area contributed by atoms with E-state index in [0.29, 0.717) is 35.2 Å². The van der Waals surface area contributed by atoms with E-state index in [4.69, 9.17) is 0 Å². The number of nitriles is 1. The van der Waals surface area contributed by atoms with Gasteiger partial charge in [0.25, 0.3) is 12.0 Å². The molecule has 6 nitrogen and oxygen atoms in total. The smallest absolute Gasteiger partial charge is 0.261 e. The van der Waals surface area contributed by atoms with Gasteiger partial charge in [0.05, 0.1) is 29.1 Å². The van der Waals surface area contributed by atoms with Crippen LogP contribution in [0.15, 0.2) is 47.4 Å². The molecule has 142 valence electrons. The number of aromatic nitrogens is 3. The molecular weight excluding hydrogens is 364 g/mol. The van der Waals surface area contributed by atoms with Crippen LogP contribution < -0.4 is 10.5 Å². The number of hydrogen-bond acceptors (Lipinski definition) is 5. The summed E-state index contributed by atoms with van der Waals surface area (Å²) in [6.07, 6.45) is 0.323. The fraction of sp³-hybridized carbons (Fsp3) is 0.300. The molecule has 3 aromatic rings. The summed E-state index contributed by atoms with van der Waals surface area (Å²) in [6, 6.07) is 11.8. The van der Waals surface area contributed by atoms with Crippen LogP contribution in [-0.2, 0) is 6.54 Å². The second-order valence-corrected chi connectivity index (χ2v) is 6.63. The van der Waals surface area contributed by atoms with E-state index in [1.54, 1.807) is 42.6 Å². The Morgan fingerprint density at radius 1 is 1.25 bits per heavy atom. The van der Waals surface area contributed by atoms with E-state index >= 15 is 0 Å². The molecule has 0 amide bonds. The van der Waals surface area contributed by atoms with Gasteiger partial charge in [-0.25, -0.2) is 18.7 Å². The highest BCUT2D eigenvalue weighted by molar-refractivity contribution is 5.77. The zero-order valence-corrected chi connectivity index (χ0v) is 14.9. The maximum absolute atomic E-state index is 13.2. The van der Waals surface area contributed by atoms with Gasteiger partial charge in [-0.2, -0.15) is 5.26 Å². The highest BCUT2D eigenvalue weighted by atomic mass is 19.3. The van der Waals surface area contributed by atoms with E-state index < -0.39 is 24.6 Å². The number of hydrogen-bond donors (Lipinski definition) is 0. The first kappa shape index (κ1) is 18.0. The largest absolute Gasteiger partial charge is 0.345 e. The number of alkyl halides is 2. The third-order valence-corrected chi connectivity index (χ3v) is 4.94. The summed E-state index contributed by atoms with van der Waals surface area (Å²) in [6.45, 7) is -0.114. The molecule has 0 N–H and O–H groups in total. The first-order chi connectivity index (χ1) is 13.6. The summed E-state index contributed by atoms with van der Waals surface area (Å²) in [5, 5.41) is 9.72. The van der Waals surface area contributed by atoms with Crippen LogP contribution in [0, 0.1) is 11.3 Å². The van der Waals surface area contributed by atoms with Gasteiger partial charge < -0.3 is 4.90 Å². The summed E-state index contributed by atoms with van der Waals surface area (Å²) < 4.78 is 27.6. The van der Waals surface area contributed by atoms with E-state index in [9.17, 15) is 18.8 Å². The molecule has 28 heavy (non-hydrogen) atoms. The summed E-state index contributed by atoms with van der Waals surface area (Å²) >= 11 is 0. The maximum Gasteiger partial charge on any atom is 0.261 e. The van der Waals surface area contributed by atoms with E-state index in [0.717, 1.165) is 11.0 Å². The van der Waals surface area contributed by atoms with Crippen molar-refractivity contribution in [2.75, 3.05) is 11.4 Å². The van der Waals surface area contributed by atoms with Gasteiger partial charge in [-0.3, -0.25) is 9.36 Å². The quantitative estimate of drug-likeness (QED) is 0.693. The van der Waals surface area contributed by atoms with Gasteiger partial charge in [-0.1, -0.05) is 12.1 Å². The molecule has 0 spiro atoms. The predicted octanol–water partition coefficient (Wildman–Crippen LogP) is 3.27. The van der Waals surface area contributed by atoms with Crippen LogP contribution in [-0.4, -0.2) is 27.5 Å². The van der Waals surface area contributed by atoms with Gasteiger partial charge in [0, 0.05) is 12.7 Å². The molecule has 3 heterocycles. The van der Waals surface area contributed by atoms with Crippen LogP contribution in [0.3, 0.4) is 0 Å². The Morgan fingerprint density at radius 3 is 2.86 bits per heavy atom. The first-order valence-corrected chi connectivity index (χ1v) is 8.99. The summed E-state index contributed by atoms with van der Waals surface area (Å²) in [5.74, 6) is 0.773. The van der Waals surface area contributed by atoms with Crippen molar-refractivity contribution >= 4 is 16.7 Å². The highest BCUT2D eigenvalue weighted by Gasteiger charge is 2.33. The van der Waals surface area contributed by atoms with Gasteiger partial charge in [0.2, 0.25) is 0 Å². The highest BCUT2D eigenvalue weighted by Crippen LogP contribution is 2.36. The predicted molar refractivity (Wildman–Crippen MR) is 100 cm³/mol. The van der Waals surface area contributed by atoms with Crippen molar-refractivity contribution in [3.8, 4) is 6.07 Å². The molecule has 0 aliphatic carbocycles. The van der Waals surface area contributed by atoms with Crippen LogP contribution in [0.2, 0.25) is 0 Å². The number of anilines is 1. The monoisotopic (exact) mass is 381 g/mol. The molecule has 0 saturated carbocycles. The van der Waals surface area contributed by atoms with Gasteiger partial charge in [0.15, 0.2) is 0 Å². The van der Waals surface area contributed by atoms with Gasteiger partial charge in [0.1, 0.15) is 17.7 Å². The SMILES string of the molecule is N#Cc1cccnc1N1CCCC1c1nc2ccccc2c(=O)n1CC(F)F. The maximum atomic E-state index is 13.2. The molecule has 1 saturated heterocycles. The number of pyridine rings is 1. The number of halogens is 2. The Morgan fingerprint density at radius 2 is 2.07 bits per heavy atom. The standard InChI is InChI=1S/C20H17F2N5O/c21-17(22)12-27-19(25-15-7-2-1-6-14(15)20(27)28)16-8-4-10-26(16)18-13(11-23)5-3-9-24-18/h1-3,5-7,9,16-17H,4,8,10,12H2. The molecule has 0 bridgehead atoms. The lowest BCUT2D eigenvalue weighted by molar-refractivity contribution is 0.123. The van der Waals surface area contributed by atoms with Crippen LogP contribution >= 0.6 is 0 Å². The Kier molecular flexibility index (Phi) is 4.74.